The minimum absolute atomic E-state index is 0.00852. The largest absolute Gasteiger partial charge is 0.478 e. The Hall–Kier alpha value is -1.89. The highest BCUT2D eigenvalue weighted by Gasteiger charge is 2.39. The number of rotatable bonds is 8. The first kappa shape index (κ1) is 27.1. The van der Waals surface area contributed by atoms with Crippen LogP contribution in [-0.2, 0) is 14.4 Å². The molecule has 0 radical (unpaired) electrons. The van der Waals surface area contributed by atoms with Crippen LogP contribution in [0.1, 0.15) is 62.3 Å². The molecule has 2 amide bonds. The topological polar surface area (TPSA) is 98.7 Å². The number of hydrogen-bond donors (Lipinski definition) is 3. The third kappa shape index (κ3) is 7.80. The standard InChI is InChI=1S/C22H41N3O4/c1-13(2)15(12-14(3)20(28)29)25(11)19(27)17(22(7,8)9)24-18(26)16(23-10)21(4,5)6/h12-13,15-17,23H,1-11H3,(H,24,26)(H,28,29)/t15-,16-,17-/m1/s1. The maximum absolute atomic E-state index is 13.4. The van der Waals surface area contributed by atoms with Crippen LogP contribution in [0.2, 0.25) is 0 Å². The molecule has 7 heteroatoms. The van der Waals surface area contributed by atoms with Gasteiger partial charge < -0.3 is 20.6 Å². The minimum Gasteiger partial charge on any atom is -0.478 e. The summed E-state index contributed by atoms with van der Waals surface area (Å²) in [6.07, 6.45) is 1.60. The summed E-state index contributed by atoms with van der Waals surface area (Å²) in [5.74, 6) is -1.49. The van der Waals surface area contributed by atoms with Crippen molar-refractivity contribution < 1.29 is 19.5 Å². The van der Waals surface area contributed by atoms with E-state index in [9.17, 15) is 19.5 Å². The summed E-state index contributed by atoms with van der Waals surface area (Å²) in [5, 5.41) is 15.2. The van der Waals surface area contributed by atoms with Gasteiger partial charge in [-0.25, -0.2) is 4.79 Å². The fourth-order valence-corrected chi connectivity index (χ4v) is 3.26. The molecule has 0 aliphatic rings. The van der Waals surface area contributed by atoms with Crippen LogP contribution in [0.4, 0.5) is 0 Å². The van der Waals surface area contributed by atoms with E-state index in [0.717, 1.165) is 0 Å². The first-order valence-electron chi connectivity index (χ1n) is 10.1. The van der Waals surface area contributed by atoms with Gasteiger partial charge in [-0.05, 0) is 30.7 Å². The van der Waals surface area contributed by atoms with Crippen molar-refractivity contribution in [2.45, 2.75) is 80.4 Å². The van der Waals surface area contributed by atoms with Crippen molar-refractivity contribution in [2.24, 2.45) is 16.7 Å². The Bertz CT molecular complexity index is 627. The lowest BCUT2D eigenvalue weighted by molar-refractivity contribution is -0.141. The quantitative estimate of drug-likeness (QED) is 0.533. The van der Waals surface area contributed by atoms with E-state index in [4.69, 9.17) is 0 Å². The second-order valence-electron chi connectivity index (χ2n) is 10.2. The Balaban J connectivity index is 5.89. The lowest BCUT2D eigenvalue weighted by atomic mass is 9.83. The van der Waals surface area contributed by atoms with Crippen molar-refractivity contribution in [2.75, 3.05) is 14.1 Å². The fourth-order valence-electron chi connectivity index (χ4n) is 3.26. The lowest BCUT2D eigenvalue weighted by Crippen LogP contribution is -2.60. The van der Waals surface area contributed by atoms with Gasteiger partial charge in [-0.1, -0.05) is 61.5 Å². The van der Waals surface area contributed by atoms with E-state index in [0.29, 0.717) is 0 Å². The van der Waals surface area contributed by atoms with Crippen LogP contribution in [0, 0.1) is 16.7 Å². The molecule has 0 saturated heterocycles. The molecule has 0 spiro atoms. The average molecular weight is 412 g/mol. The molecule has 0 aromatic rings. The van der Waals surface area contributed by atoms with E-state index < -0.39 is 29.5 Å². The van der Waals surface area contributed by atoms with Crippen LogP contribution in [0.5, 0.6) is 0 Å². The Morgan fingerprint density at radius 1 is 0.966 bits per heavy atom. The number of carbonyl (C=O) groups excluding carboxylic acids is 2. The summed E-state index contributed by atoms with van der Waals surface area (Å²) < 4.78 is 0. The molecule has 0 rings (SSSR count). The van der Waals surface area contributed by atoms with Crippen LogP contribution < -0.4 is 10.6 Å². The van der Waals surface area contributed by atoms with Gasteiger partial charge in [0.15, 0.2) is 0 Å². The molecule has 7 nitrogen and oxygen atoms in total. The van der Waals surface area contributed by atoms with Gasteiger partial charge in [0.25, 0.3) is 0 Å². The highest BCUT2D eigenvalue weighted by Crippen LogP contribution is 2.25. The summed E-state index contributed by atoms with van der Waals surface area (Å²) >= 11 is 0. The molecule has 0 fully saturated rings. The van der Waals surface area contributed by atoms with E-state index in [2.05, 4.69) is 10.6 Å². The number of carbonyl (C=O) groups is 3. The van der Waals surface area contributed by atoms with Crippen molar-refractivity contribution >= 4 is 17.8 Å². The molecular formula is C22H41N3O4. The molecular weight excluding hydrogens is 370 g/mol. The molecule has 3 atom stereocenters. The maximum atomic E-state index is 13.4. The number of aliphatic carboxylic acids is 1. The van der Waals surface area contributed by atoms with Gasteiger partial charge in [0.2, 0.25) is 11.8 Å². The molecule has 0 aliphatic carbocycles. The molecule has 3 N–H and O–H groups in total. The first-order chi connectivity index (χ1) is 12.9. The molecule has 0 aliphatic heterocycles. The van der Waals surface area contributed by atoms with Gasteiger partial charge in [0.1, 0.15) is 6.04 Å². The minimum atomic E-state index is -1.01. The molecule has 0 aromatic heterocycles. The van der Waals surface area contributed by atoms with Gasteiger partial charge in [-0.15, -0.1) is 0 Å². The molecule has 0 saturated carbocycles. The summed E-state index contributed by atoms with van der Waals surface area (Å²) in [5.41, 5.74) is -0.662. The van der Waals surface area contributed by atoms with Crippen molar-refractivity contribution in [1.29, 1.82) is 0 Å². The van der Waals surface area contributed by atoms with Crippen molar-refractivity contribution in [3.05, 3.63) is 11.6 Å². The first-order valence-corrected chi connectivity index (χ1v) is 10.1. The summed E-state index contributed by atoms with van der Waals surface area (Å²) in [6.45, 7) is 17.0. The van der Waals surface area contributed by atoms with Gasteiger partial charge in [0.05, 0.1) is 12.1 Å². The third-order valence-corrected chi connectivity index (χ3v) is 5.05. The number of carboxylic acids is 1. The van der Waals surface area contributed by atoms with Crippen LogP contribution in [0.25, 0.3) is 0 Å². The maximum Gasteiger partial charge on any atom is 0.331 e. The molecule has 29 heavy (non-hydrogen) atoms. The van der Waals surface area contributed by atoms with Crippen molar-refractivity contribution in [3.63, 3.8) is 0 Å². The Kier molecular flexibility index (Phi) is 9.57. The van der Waals surface area contributed by atoms with E-state index in [1.807, 2.05) is 55.4 Å². The smallest absolute Gasteiger partial charge is 0.331 e. The van der Waals surface area contributed by atoms with E-state index in [-0.39, 0.29) is 28.7 Å². The number of carboxylic acid groups (broad SMARTS) is 1. The normalized spacial score (nSPS) is 16.2. The highest BCUT2D eigenvalue weighted by molar-refractivity contribution is 5.91. The highest BCUT2D eigenvalue weighted by atomic mass is 16.4. The van der Waals surface area contributed by atoms with Crippen LogP contribution in [0.3, 0.4) is 0 Å². The monoisotopic (exact) mass is 411 g/mol. The van der Waals surface area contributed by atoms with Gasteiger partial charge in [0, 0.05) is 12.6 Å². The van der Waals surface area contributed by atoms with Crippen molar-refractivity contribution in [1.82, 2.24) is 15.5 Å². The summed E-state index contributed by atoms with van der Waals surface area (Å²) in [7, 11) is 3.38. The molecule has 0 heterocycles. The molecule has 168 valence electrons. The molecule has 0 bridgehead atoms. The predicted octanol–water partition coefficient (Wildman–Crippen LogP) is 2.67. The number of amides is 2. The van der Waals surface area contributed by atoms with Gasteiger partial charge in [-0.2, -0.15) is 0 Å². The SMILES string of the molecule is CN[C@H](C(=O)N[C@H](C(=O)N(C)[C@H](C=C(C)C(=O)O)C(C)C)C(C)(C)C)C(C)(C)C. The van der Waals surface area contributed by atoms with Gasteiger partial charge >= 0.3 is 5.97 Å². The van der Waals surface area contributed by atoms with Crippen molar-refractivity contribution in [3.8, 4) is 0 Å². The van der Waals surface area contributed by atoms with Crippen LogP contribution >= 0.6 is 0 Å². The van der Waals surface area contributed by atoms with E-state index in [1.165, 1.54) is 6.92 Å². The zero-order chi connectivity index (χ0) is 23.3. The number of nitrogens with one attached hydrogen (secondary N) is 2. The zero-order valence-corrected chi connectivity index (χ0v) is 20.0. The van der Waals surface area contributed by atoms with Crippen LogP contribution in [-0.4, -0.2) is 60.0 Å². The fraction of sp³-hybridized carbons (Fsp3) is 0.773. The zero-order valence-electron chi connectivity index (χ0n) is 20.0. The van der Waals surface area contributed by atoms with Gasteiger partial charge in [-0.3, -0.25) is 9.59 Å². The Morgan fingerprint density at radius 3 is 1.72 bits per heavy atom. The molecule has 0 aromatic carbocycles. The number of likely N-dealkylation sites (N-methyl/N-ethyl adjacent to an activating group) is 2. The van der Waals surface area contributed by atoms with Crippen LogP contribution in [0.15, 0.2) is 11.6 Å². The second-order valence-corrected chi connectivity index (χ2v) is 10.2. The van der Waals surface area contributed by atoms with E-state index in [1.54, 1.807) is 25.1 Å². The Labute approximate surface area is 176 Å². The summed E-state index contributed by atoms with van der Waals surface area (Å²) in [6, 6.07) is -1.61. The molecule has 0 unspecified atom stereocenters. The second kappa shape index (κ2) is 10.2. The summed E-state index contributed by atoms with van der Waals surface area (Å²) in [4.78, 5) is 39.1. The predicted molar refractivity (Wildman–Crippen MR) is 116 cm³/mol. The number of nitrogens with zero attached hydrogens (tertiary/aromatic N) is 1. The average Bonchev–Trinajstić information content (AvgIpc) is 2.53. The third-order valence-electron chi connectivity index (χ3n) is 5.05. The number of hydrogen-bond acceptors (Lipinski definition) is 4. The van der Waals surface area contributed by atoms with E-state index >= 15 is 0 Å². The Morgan fingerprint density at radius 2 is 1.41 bits per heavy atom. The lowest BCUT2D eigenvalue weighted by Gasteiger charge is -2.39.